The molecule has 11 rings (SSSR count). The summed E-state index contributed by atoms with van der Waals surface area (Å²) in [5, 5.41) is 3.69. The molecule has 0 spiro atoms. The first-order valence-electron chi connectivity index (χ1n) is 22.1. The summed E-state index contributed by atoms with van der Waals surface area (Å²) in [6.45, 7) is 15.8. The fourth-order valence-corrected chi connectivity index (χ4v) is 12.5. The van der Waals surface area contributed by atoms with E-state index in [-0.39, 0.29) is 20.1 Å². The predicted molar refractivity (Wildman–Crippen MR) is 248 cm³/mol. The van der Waals surface area contributed by atoms with Crippen LogP contribution in [-0.2, 0) is 39.4 Å². The normalized spacial score (nSPS) is 18.3. The Bertz CT molecular complexity index is 2900. The fraction of sp³-hybridized carbons (Fsp3) is 0.358. The van der Waals surface area contributed by atoms with Crippen molar-refractivity contribution in [2.24, 2.45) is 17.8 Å². The van der Waals surface area contributed by atoms with Gasteiger partial charge in [-0.05, 0) is 160 Å². The van der Waals surface area contributed by atoms with Crippen LogP contribution in [0.5, 0.6) is 0 Å². The van der Waals surface area contributed by atoms with Crippen molar-refractivity contribution >= 4 is 46.4 Å². The standard InChI is InChI=1S/C31H27N4O.C22H28NSi.Ir/c1-17-9-18(2)29(19(3)10-17)35-27-11-20(4)32-16-26(27)34-30(35)23-13-25-24-12-21-7-5-6-8-22(21)14-28(24)36-31(25)33-15-23;1-24(2,3)22-15-23-21(17-7-5-4-6-8-17)14-20(22)13-19-12-16-9-10-18(19)11-16;/h9-14,16H,5-8H2,1-4H3;4-7,14-16,18-19H,9-13H2,1-3H3;/q2*-1;. The molecule has 8 heteroatoms. The number of aromatic nitrogens is 5. The summed E-state index contributed by atoms with van der Waals surface area (Å²) >= 11 is 0. The first kappa shape index (κ1) is 41.6. The van der Waals surface area contributed by atoms with Crippen LogP contribution in [0.4, 0.5) is 0 Å². The van der Waals surface area contributed by atoms with Crippen molar-refractivity contribution in [3.63, 3.8) is 0 Å². The molecular formula is C53H55IrN5OSi-2. The van der Waals surface area contributed by atoms with Gasteiger partial charge in [-0.1, -0.05) is 61.0 Å². The number of hydrogen-bond donors (Lipinski definition) is 0. The van der Waals surface area contributed by atoms with Crippen molar-refractivity contribution in [3.05, 3.63) is 130 Å². The molecule has 8 aromatic rings. The topological polar surface area (TPSA) is 69.6 Å². The first-order chi connectivity index (χ1) is 29.0. The third kappa shape index (κ3) is 7.96. The molecule has 2 fully saturated rings. The zero-order valence-electron chi connectivity index (χ0n) is 36.6. The van der Waals surface area contributed by atoms with Crippen molar-refractivity contribution in [2.75, 3.05) is 0 Å². The average Bonchev–Trinajstić information content (AvgIpc) is 4.02. The monoisotopic (exact) mass is 998 g/mol. The summed E-state index contributed by atoms with van der Waals surface area (Å²) in [6, 6.07) is 27.2. The van der Waals surface area contributed by atoms with E-state index in [1.165, 1.54) is 72.8 Å². The van der Waals surface area contributed by atoms with Gasteiger partial charge in [0.2, 0.25) is 0 Å². The number of hydrogen-bond acceptors (Lipinski definition) is 5. The number of imidazole rings is 1. The predicted octanol–water partition coefficient (Wildman–Crippen LogP) is 12.4. The van der Waals surface area contributed by atoms with E-state index >= 15 is 0 Å². The molecule has 3 aliphatic carbocycles. The minimum atomic E-state index is -1.37. The summed E-state index contributed by atoms with van der Waals surface area (Å²) in [7, 11) is -1.37. The van der Waals surface area contributed by atoms with E-state index in [4.69, 9.17) is 14.4 Å². The van der Waals surface area contributed by atoms with Crippen LogP contribution >= 0.6 is 0 Å². The molecule has 61 heavy (non-hydrogen) atoms. The molecule has 1 radical (unpaired) electrons. The van der Waals surface area contributed by atoms with Crippen LogP contribution in [0.25, 0.3) is 61.4 Å². The molecule has 3 unspecified atom stereocenters. The second-order valence-corrected chi connectivity index (χ2v) is 24.2. The van der Waals surface area contributed by atoms with E-state index in [1.54, 1.807) is 10.8 Å². The minimum Gasteiger partial charge on any atom is -0.483 e. The maximum Gasteiger partial charge on any atom is 0.141 e. The molecule has 3 atom stereocenters. The van der Waals surface area contributed by atoms with Crippen LogP contribution in [0.15, 0.2) is 83.5 Å². The zero-order valence-corrected chi connectivity index (χ0v) is 40.0. The van der Waals surface area contributed by atoms with Gasteiger partial charge in [-0.2, -0.15) is 0 Å². The molecule has 3 aromatic carbocycles. The first-order valence-corrected chi connectivity index (χ1v) is 25.6. The smallest absolute Gasteiger partial charge is 0.141 e. The van der Waals surface area contributed by atoms with E-state index in [9.17, 15) is 0 Å². The molecule has 3 aliphatic rings. The second-order valence-electron chi connectivity index (χ2n) is 19.2. The Labute approximate surface area is 375 Å². The van der Waals surface area contributed by atoms with Gasteiger partial charge < -0.3 is 19.0 Å². The van der Waals surface area contributed by atoms with Gasteiger partial charge in [0.1, 0.15) is 11.3 Å². The quantitative estimate of drug-likeness (QED) is 0.123. The summed E-state index contributed by atoms with van der Waals surface area (Å²) in [5.41, 5.74) is 16.7. The van der Waals surface area contributed by atoms with Crippen LogP contribution in [0.1, 0.15) is 77.6 Å². The van der Waals surface area contributed by atoms with Gasteiger partial charge in [0.15, 0.2) is 0 Å². The van der Waals surface area contributed by atoms with Crippen molar-refractivity contribution in [1.29, 1.82) is 0 Å². The van der Waals surface area contributed by atoms with Crippen molar-refractivity contribution in [1.82, 2.24) is 24.5 Å². The van der Waals surface area contributed by atoms with Gasteiger partial charge in [-0.15, -0.1) is 42.0 Å². The maximum atomic E-state index is 6.17. The Hall–Kier alpha value is -4.75. The minimum absolute atomic E-state index is 0. The van der Waals surface area contributed by atoms with E-state index in [1.807, 2.05) is 25.3 Å². The van der Waals surface area contributed by atoms with Crippen LogP contribution in [0, 0.1) is 57.7 Å². The molecule has 0 amide bonds. The molecule has 2 saturated carbocycles. The SMILES string of the molecule is C[Si](C)(C)c1cnc(-c2[c-]cccc2)cc1CC1CC2CCC1C2.Cc1cc(C)c(-n2c(-c3[c-]nc4oc5cc6c(cc5c4c3)CCCC6)nc3cnc(C)cc32)c(C)c1.[Ir]. The van der Waals surface area contributed by atoms with E-state index in [0.29, 0.717) is 5.71 Å². The largest absolute Gasteiger partial charge is 0.483 e. The number of aryl methyl sites for hydroxylation is 6. The summed E-state index contributed by atoms with van der Waals surface area (Å²) in [6.07, 6.45) is 19.2. The number of benzene rings is 3. The third-order valence-corrected chi connectivity index (χ3v) is 15.7. The second kappa shape index (κ2) is 16.5. The van der Waals surface area contributed by atoms with E-state index in [0.717, 1.165) is 92.0 Å². The van der Waals surface area contributed by atoms with Crippen molar-refractivity contribution < 1.29 is 24.5 Å². The van der Waals surface area contributed by atoms with E-state index < -0.39 is 8.07 Å². The van der Waals surface area contributed by atoms with Gasteiger partial charge in [-0.25, -0.2) is 0 Å². The average molecular weight is 998 g/mol. The molecule has 0 saturated heterocycles. The molecule has 5 heterocycles. The van der Waals surface area contributed by atoms with Crippen molar-refractivity contribution in [3.8, 4) is 28.3 Å². The number of nitrogens with zero attached hydrogens (tertiary/aromatic N) is 5. The number of furan rings is 1. The summed E-state index contributed by atoms with van der Waals surface area (Å²) in [4.78, 5) is 19.0. The molecule has 0 aliphatic heterocycles. The maximum absolute atomic E-state index is 6.17. The Morgan fingerprint density at radius 2 is 1.61 bits per heavy atom. The molecular weight excluding hydrogens is 943 g/mol. The molecule has 2 bridgehead atoms. The van der Waals surface area contributed by atoms with Crippen LogP contribution in [0.2, 0.25) is 19.6 Å². The number of rotatable bonds is 6. The molecule has 0 N–H and O–H groups in total. The van der Waals surface area contributed by atoms with Crippen molar-refractivity contribution in [2.45, 2.75) is 105 Å². The fourth-order valence-electron chi connectivity index (χ4n) is 10.9. The molecule has 6 nitrogen and oxygen atoms in total. The summed E-state index contributed by atoms with van der Waals surface area (Å²) < 4.78 is 8.42. The Morgan fingerprint density at radius 1 is 0.820 bits per heavy atom. The molecule has 313 valence electrons. The van der Waals surface area contributed by atoms with Gasteiger partial charge in [0.05, 0.1) is 31.1 Å². The number of fused-ring (bicyclic) bond motifs is 7. The Kier molecular flexibility index (Phi) is 11.3. The van der Waals surface area contributed by atoms with Gasteiger partial charge in [0, 0.05) is 43.1 Å². The Balaban J connectivity index is 0.000000166. The van der Waals surface area contributed by atoms with Gasteiger partial charge >= 0.3 is 0 Å². The zero-order chi connectivity index (χ0) is 41.3. The van der Waals surface area contributed by atoms with Crippen LogP contribution < -0.4 is 5.19 Å². The Morgan fingerprint density at radius 3 is 2.31 bits per heavy atom. The summed E-state index contributed by atoms with van der Waals surface area (Å²) in [5.74, 6) is 3.74. The van der Waals surface area contributed by atoms with Crippen LogP contribution in [0.3, 0.4) is 0 Å². The third-order valence-electron chi connectivity index (χ3n) is 13.7. The van der Waals surface area contributed by atoms with Crippen LogP contribution in [-0.4, -0.2) is 32.6 Å². The van der Waals surface area contributed by atoms with E-state index in [2.05, 4.69) is 128 Å². The van der Waals surface area contributed by atoms with Gasteiger partial charge in [-0.3, -0.25) is 9.97 Å². The number of pyridine rings is 3. The molecule has 5 aromatic heterocycles. The van der Waals surface area contributed by atoms with Gasteiger partial charge in [0.25, 0.3) is 0 Å².